The van der Waals surface area contributed by atoms with Crippen molar-refractivity contribution in [2.45, 2.75) is 4.90 Å². The summed E-state index contributed by atoms with van der Waals surface area (Å²) in [7, 11) is -3.69. The van der Waals surface area contributed by atoms with Gasteiger partial charge in [0.05, 0.1) is 28.8 Å². The Bertz CT molecular complexity index is 760. The first-order chi connectivity index (χ1) is 10.1. The molecule has 106 valence electrons. The Kier molecular flexibility index (Phi) is 4.41. The summed E-state index contributed by atoms with van der Waals surface area (Å²) in [6, 6.07) is 16.7. The molecule has 0 saturated carbocycles. The molecule has 2 aromatic carbocycles. The predicted octanol–water partition coefficient (Wildman–Crippen LogP) is 2.94. The van der Waals surface area contributed by atoms with Crippen LogP contribution in [0.3, 0.4) is 0 Å². The molecule has 0 aromatic heterocycles. The van der Waals surface area contributed by atoms with E-state index in [2.05, 4.69) is 6.58 Å². The third-order valence-corrected chi connectivity index (χ3v) is 4.72. The van der Waals surface area contributed by atoms with Crippen LogP contribution in [0.5, 0.6) is 0 Å². The first kappa shape index (κ1) is 14.8. The molecule has 0 aliphatic carbocycles. The molecule has 0 atom stereocenters. The van der Waals surface area contributed by atoms with Crippen molar-refractivity contribution in [3.63, 3.8) is 0 Å². The van der Waals surface area contributed by atoms with Crippen molar-refractivity contribution in [1.29, 1.82) is 5.26 Å². The van der Waals surface area contributed by atoms with Crippen molar-refractivity contribution in [3.8, 4) is 6.07 Å². The molecule has 4 nitrogen and oxygen atoms in total. The zero-order valence-corrected chi connectivity index (χ0v) is 12.1. The lowest BCUT2D eigenvalue weighted by molar-refractivity contribution is 0.593. The first-order valence-corrected chi connectivity index (χ1v) is 7.72. The van der Waals surface area contributed by atoms with Gasteiger partial charge in [0.15, 0.2) is 0 Å². The molecule has 0 aliphatic heterocycles. The third-order valence-electron chi connectivity index (χ3n) is 2.91. The zero-order valence-electron chi connectivity index (χ0n) is 11.3. The lowest BCUT2D eigenvalue weighted by atomic mass is 10.2. The van der Waals surface area contributed by atoms with Gasteiger partial charge in [-0.1, -0.05) is 24.3 Å². The van der Waals surface area contributed by atoms with Gasteiger partial charge < -0.3 is 0 Å². The molecule has 0 fully saturated rings. The van der Waals surface area contributed by atoms with Crippen molar-refractivity contribution in [2.24, 2.45) is 0 Å². The molecule has 0 spiro atoms. The maximum atomic E-state index is 12.7. The lowest BCUT2D eigenvalue weighted by Crippen LogP contribution is -2.31. The van der Waals surface area contributed by atoms with Gasteiger partial charge in [-0.15, -0.1) is 6.58 Å². The molecule has 2 aromatic rings. The van der Waals surface area contributed by atoms with Crippen molar-refractivity contribution < 1.29 is 8.42 Å². The van der Waals surface area contributed by atoms with Crippen LogP contribution in [-0.4, -0.2) is 15.0 Å². The topological polar surface area (TPSA) is 61.2 Å². The Morgan fingerprint density at radius 2 is 1.71 bits per heavy atom. The van der Waals surface area contributed by atoms with Gasteiger partial charge in [-0.3, -0.25) is 4.31 Å². The average molecular weight is 298 g/mol. The standard InChI is InChI=1S/C16H14N2O2S/c1-2-12-18(15-6-4-3-5-7-15)21(19,20)16-10-8-14(13-17)9-11-16/h2-11H,1,12H2. The van der Waals surface area contributed by atoms with Crippen LogP contribution in [0.15, 0.2) is 72.1 Å². The van der Waals surface area contributed by atoms with Crippen LogP contribution in [0, 0.1) is 11.3 Å². The molecule has 0 heterocycles. The molecule has 0 aliphatic rings. The fourth-order valence-electron chi connectivity index (χ4n) is 1.88. The zero-order chi connectivity index (χ0) is 15.3. The summed E-state index contributed by atoms with van der Waals surface area (Å²) in [4.78, 5) is 0.146. The minimum Gasteiger partial charge on any atom is -0.263 e. The van der Waals surface area contributed by atoms with Crippen LogP contribution >= 0.6 is 0 Å². The summed E-state index contributed by atoms with van der Waals surface area (Å²) in [6.45, 7) is 3.78. The summed E-state index contributed by atoms with van der Waals surface area (Å²) in [5.74, 6) is 0. The number of hydrogen-bond acceptors (Lipinski definition) is 3. The van der Waals surface area contributed by atoms with Crippen LogP contribution in [0.4, 0.5) is 5.69 Å². The molecular weight excluding hydrogens is 284 g/mol. The summed E-state index contributed by atoms with van der Waals surface area (Å²) >= 11 is 0. The second kappa shape index (κ2) is 6.25. The van der Waals surface area contributed by atoms with Gasteiger partial charge in [0, 0.05) is 0 Å². The highest BCUT2D eigenvalue weighted by atomic mass is 32.2. The molecule has 0 unspecified atom stereocenters. The van der Waals surface area contributed by atoms with E-state index in [1.165, 1.54) is 34.6 Å². The van der Waals surface area contributed by atoms with E-state index in [4.69, 9.17) is 5.26 Å². The number of nitriles is 1. The normalized spacial score (nSPS) is 10.6. The van der Waals surface area contributed by atoms with Gasteiger partial charge in [0.1, 0.15) is 0 Å². The average Bonchev–Trinajstić information content (AvgIpc) is 2.53. The smallest absolute Gasteiger partial charge is 0.263 e. The highest BCUT2D eigenvalue weighted by Crippen LogP contribution is 2.23. The van der Waals surface area contributed by atoms with Crippen molar-refractivity contribution in [3.05, 3.63) is 72.8 Å². The Hall–Kier alpha value is -2.58. The minimum atomic E-state index is -3.69. The number of anilines is 1. The Labute approximate surface area is 124 Å². The Morgan fingerprint density at radius 3 is 2.24 bits per heavy atom. The van der Waals surface area contributed by atoms with Gasteiger partial charge in [0.2, 0.25) is 0 Å². The monoisotopic (exact) mass is 298 g/mol. The molecule has 2 rings (SSSR count). The summed E-state index contributed by atoms with van der Waals surface area (Å²) in [5, 5.41) is 8.78. The molecule has 0 saturated heterocycles. The van der Waals surface area contributed by atoms with Gasteiger partial charge in [-0.25, -0.2) is 8.42 Å². The largest absolute Gasteiger partial charge is 0.264 e. The van der Waals surface area contributed by atoms with Crippen LogP contribution < -0.4 is 4.31 Å². The van der Waals surface area contributed by atoms with E-state index < -0.39 is 10.0 Å². The quantitative estimate of drug-likeness (QED) is 0.797. The lowest BCUT2D eigenvalue weighted by Gasteiger charge is -2.23. The molecule has 5 heteroatoms. The van der Waals surface area contributed by atoms with Crippen LogP contribution in [0.2, 0.25) is 0 Å². The Morgan fingerprint density at radius 1 is 1.10 bits per heavy atom. The molecule has 21 heavy (non-hydrogen) atoms. The summed E-state index contributed by atoms with van der Waals surface area (Å²) < 4.78 is 26.7. The second-order valence-electron chi connectivity index (χ2n) is 4.30. The highest BCUT2D eigenvalue weighted by Gasteiger charge is 2.23. The van der Waals surface area contributed by atoms with E-state index in [9.17, 15) is 8.42 Å². The van der Waals surface area contributed by atoms with Crippen molar-refractivity contribution in [2.75, 3.05) is 10.8 Å². The molecule has 0 amide bonds. The van der Waals surface area contributed by atoms with Gasteiger partial charge >= 0.3 is 0 Å². The van der Waals surface area contributed by atoms with E-state index in [1.807, 2.05) is 12.1 Å². The minimum absolute atomic E-state index is 0.146. The fourth-order valence-corrected chi connectivity index (χ4v) is 3.32. The number of sulfonamides is 1. The van der Waals surface area contributed by atoms with E-state index in [-0.39, 0.29) is 11.4 Å². The second-order valence-corrected chi connectivity index (χ2v) is 6.16. The Balaban J connectivity index is 2.47. The van der Waals surface area contributed by atoms with E-state index in [0.29, 0.717) is 11.3 Å². The summed E-state index contributed by atoms with van der Waals surface area (Å²) in [5.41, 5.74) is 0.991. The van der Waals surface area contributed by atoms with Gasteiger partial charge in [-0.2, -0.15) is 5.26 Å². The van der Waals surface area contributed by atoms with Crippen molar-refractivity contribution in [1.82, 2.24) is 0 Å². The van der Waals surface area contributed by atoms with Gasteiger partial charge in [0.25, 0.3) is 10.0 Å². The maximum absolute atomic E-state index is 12.7. The number of nitrogens with zero attached hydrogens (tertiary/aromatic N) is 2. The molecule has 0 N–H and O–H groups in total. The molecule has 0 radical (unpaired) electrons. The van der Waals surface area contributed by atoms with Gasteiger partial charge in [-0.05, 0) is 36.4 Å². The van der Waals surface area contributed by atoms with Crippen LogP contribution in [0.1, 0.15) is 5.56 Å². The van der Waals surface area contributed by atoms with Crippen molar-refractivity contribution >= 4 is 15.7 Å². The SMILES string of the molecule is C=CCN(c1ccccc1)S(=O)(=O)c1ccc(C#N)cc1. The van der Waals surface area contributed by atoms with Crippen LogP contribution in [0.25, 0.3) is 0 Å². The number of rotatable bonds is 5. The number of para-hydroxylation sites is 1. The summed E-state index contributed by atoms with van der Waals surface area (Å²) in [6.07, 6.45) is 1.54. The van der Waals surface area contributed by atoms with Crippen LogP contribution in [-0.2, 0) is 10.0 Å². The predicted molar refractivity (Wildman–Crippen MR) is 82.3 cm³/mol. The number of benzene rings is 2. The third kappa shape index (κ3) is 3.12. The first-order valence-electron chi connectivity index (χ1n) is 6.28. The molecule has 0 bridgehead atoms. The highest BCUT2D eigenvalue weighted by molar-refractivity contribution is 7.92. The number of hydrogen-bond donors (Lipinski definition) is 0. The van der Waals surface area contributed by atoms with E-state index in [0.717, 1.165) is 0 Å². The fraction of sp³-hybridized carbons (Fsp3) is 0.0625. The maximum Gasteiger partial charge on any atom is 0.264 e. The van der Waals surface area contributed by atoms with E-state index >= 15 is 0 Å². The molecular formula is C16H14N2O2S. The van der Waals surface area contributed by atoms with E-state index in [1.54, 1.807) is 24.3 Å².